The number of methoxy groups -OCH3 is 1. The van der Waals surface area contributed by atoms with E-state index in [4.69, 9.17) is 16.3 Å². The molecule has 0 aliphatic rings. The largest absolute Gasteiger partial charge is 0.497 e. The topological polar surface area (TPSA) is 89.8 Å². The third-order valence-corrected chi connectivity index (χ3v) is 6.76. The lowest BCUT2D eigenvalue weighted by Crippen LogP contribution is -2.33. The molecule has 30 heavy (non-hydrogen) atoms. The summed E-state index contributed by atoms with van der Waals surface area (Å²) in [5.74, 6) is 0.651. The molecule has 0 fully saturated rings. The molecule has 3 rings (SSSR count). The Morgan fingerprint density at radius 3 is 2.20 bits per heavy atom. The molecule has 0 aliphatic heterocycles. The van der Waals surface area contributed by atoms with Crippen LogP contribution in [0.15, 0.2) is 77.7 Å². The molecule has 0 unspecified atom stereocenters. The van der Waals surface area contributed by atoms with Crippen molar-refractivity contribution in [2.24, 2.45) is 0 Å². The van der Waals surface area contributed by atoms with Crippen LogP contribution in [0.2, 0.25) is 5.02 Å². The number of nitro benzene ring substituents is 1. The lowest BCUT2D eigenvalue weighted by Gasteiger charge is -2.31. The summed E-state index contributed by atoms with van der Waals surface area (Å²) < 4.78 is 33.5. The number of sulfonamides is 1. The van der Waals surface area contributed by atoms with E-state index in [2.05, 4.69) is 0 Å². The smallest absolute Gasteiger partial charge is 0.269 e. The standard InChI is InChI=1S/C21H19ClN2O5S/c1-15(16-6-10-20(29-2)11-7-16)23(19-5-3-4-17(22)14-19)30(27,28)21-12-8-18(9-13-21)24(25)26/h3-15H,1-2H3/t15-/m0/s1. The van der Waals surface area contributed by atoms with Crippen LogP contribution in [0.25, 0.3) is 0 Å². The van der Waals surface area contributed by atoms with Gasteiger partial charge in [0.05, 0.1) is 28.7 Å². The molecule has 0 saturated heterocycles. The van der Waals surface area contributed by atoms with E-state index in [1.165, 1.54) is 28.6 Å². The zero-order chi connectivity index (χ0) is 21.9. The van der Waals surface area contributed by atoms with Crippen molar-refractivity contribution in [1.82, 2.24) is 0 Å². The van der Waals surface area contributed by atoms with Crippen LogP contribution in [-0.2, 0) is 10.0 Å². The van der Waals surface area contributed by atoms with Crippen molar-refractivity contribution < 1.29 is 18.1 Å². The molecule has 0 amide bonds. The van der Waals surface area contributed by atoms with Crippen molar-refractivity contribution in [3.8, 4) is 5.75 Å². The number of hydrogen-bond donors (Lipinski definition) is 0. The molecule has 7 nitrogen and oxygen atoms in total. The predicted molar refractivity (Wildman–Crippen MR) is 116 cm³/mol. The second-order valence-corrected chi connectivity index (χ2v) is 8.73. The van der Waals surface area contributed by atoms with Gasteiger partial charge in [0.15, 0.2) is 0 Å². The highest BCUT2D eigenvalue weighted by molar-refractivity contribution is 7.92. The number of ether oxygens (including phenoxy) is 1. The first kappa shape index (κ1) is 21.6. The van der Waals surface area contributed by atoms with Crippen LogP contribution >= 0.6 is 11.6 Å². The van der Waals surface area contributed by atoms with Gasteiger partial charge < -0.3 is 4.74 Å². The molecule has 0 saturated carbocycles. The lowest BCUT2D eigenvalue weighted by molar-refractivity contribution is -0.384. The summed E-state index contributed by atoms with van der Waals surface area (Å²) in [5, 5.41) is 11.3. The van der Waals surface area contributed by atoms with Gasteiger partial charge in [-0.2, -0.15) is 0 Å². The lowest BCUT2D eigenvalue weighted by atomic mass is 10.1. The Morgan fingerprint density at radius 1 is 1.03 bits per heavy atom. The van der Waals surface area contributed by atoms with Gasteiger partial charge in [-0.1, -0.05) is 29.8 Å². The van der Waals surface area contributed by atoms with Crippen LogP contribution in [-0.4, -0.2) is 20.5 Å². The fraction of sp³-hybridized carbons (Fsp3) is 0.143. The summed E-state index contributed by atoms with van der Waals surface area (Å²) in [6, 6.07) is 17.8. The Balaban J connectivity index is 2.11. The van der Waals surface area contributed by atoms with Gasteiger partial charge in [0.1, 0.15) is 5.75 Å². The van der Waals surface area contributed by atoms with Crippen LogP contribution < -0.4 is 9.04 Å². The maximum Gasteiger partial charge on any atom is 0.269 e. The Morgan fingerprint density at radius 2 is 1.67 bits per heavy atom. The number of nitrogens with zero attached hydrogens (tertiary/aromatic N) is 2. The molecule has 9 heteroatoms. The van der Waals surface area contributed by atoms with Crippen LogP contribution in [0.3, 0.4) is 0 Å². The Hall–Kier alpha value is -3.10. The first-order chi connectivity index (χ1) is 14.2. The van der Waals surface area contributed by atoms with Gasteiger partial charge in [-0.3, -0.25) is 14.4 Å². The highest BCUT2D eigenvalue weighted by Gasteiger charge is 2.31. The monoisotopic (exact) mass is 446 g/mol. The SMILES string of the molecule is COc1ccc([C@H](C)N(c2cccc(Cl)c2)S(=O)(=O)c2ccc([N+](=O)[O-])cc2)cc1. The quantitative estimate of drug-likeness (QED) is 0.367. The summed E-state index contributed by atoms with van der Waals surface area (Å²) in [7, 11) is -2.50. The van der Waals surface area contributed by atoms with E-state index in [1.54, 1.807) is 62.6 Å². The molecule has 0 aromatic heterocycles. The fourth-order valence-corrected chi connectivity index (χ4v) is 4.88. The number of non-ortho nitro benzene ring substituents is 1. The molecule has 0 spiro atoms. The van der Waals surface area contributed by atoms with E-state index < -0.39 is 21.0 Å². The highest BCUT2D eigenvalue weighted by atomic mass is 35.5. The van der Waals surface area contributed by atoms with E-state index >= 15 is 0 Å². The van der Waals surface area contributed by atoms with Crippen molar-refractivity contribution in [2.45, 2.75) is 17.9 Å². The number of halogens is 1. The van der Waals surface area contributed by atoms with Crippen molar-refractivity contribution in [1.29, 1.82) is 0 Å². The van der Waals surface area contributed by atoms with Crippen molar-refractivity contribution >= 4 is 33.0 Å². The molecular weight excluding hydrogens is 428 g/mol. The summed E-state index contributed by atoms with van der Waals surface area (Å²) >= 11 is 6.12. The van der Waals surface area contributed by atoms with Crippen molar-refractivity contribution in [3.05, 3.63) is 93.5 Å². The molecular formula is C21H19ClN2O5S. The molecule has 0 N–H and O–H groups in total. The number of benzene rings is 3. The average Bonchev–Trinajstić information content (AvgIpc) is 2.74. The summed E-state index contributed by atoms with van der Waals surface area (Å²) in [6.07, 6.45) is 0. The van der Waals surface area contributed by atoms with E-state index in [9.17, 15) is 18.5 Å². The minimum Gasteiger partial charge on any atom is -0.497 e. The van der Waals surface area contributed by atoms with E-state index in [-0.39, 0.29) is 10.6 Å². The molecule has 156 valence electrons. The third kappa shape index (κ3) is 4.39. The summed E-state index contributed by atoms with van der Waals surface area (Å²) in [5.41, 5.74) is 0.928. The second kappa shape index (κ2) is 8.73. The van der Waals surface area contributed by atoms with Gasteiger partial charge >= 0.3 is 0 Å². The second-order valence-electron chi connectivity index (χ2n) is 6.48. The van der Waals surface area contributed by atoms with E-state index in [0.717, 1.165) is 5.56 Å². The van der Waals surface area contributed by atoms with E-state index in [1.807, 2.05) is 0 Å². The fourth-order valence-electron chi connectivity index (χ4n) is 3.05. The molecule has 0 aliphatic carbocycles. The molecule has 0 radical (unpaired) electrons. The number of nitro groups is 1. The molecule has 0 bridgehead atoms. The summed E-state index contributed by atoms with van der Waals surface area (Å²) in [6.45, 7) is 1.76. The first-order valence-electron chi connectivity index (χ1n) is 8.92. The van der Waals surface area contributed by atoms with Gasteiger partial charge in [-0.15, -0.1) is 0 Å². The van der Waals surface area contributed by atoms with Crippen molar-refractivity contribution in [2.75, 3.05) is 11.4 Å². The predicted octanol–water partition coefficient (Wildman–Crippen LogP) is 5.21. The van der Waals surface area contributed by atoms with Crippen molar-refractivity contribution in [3.63, 3.8) is 0 Å². The first-order valence-corrected chi connectivity index (χ1v) is 10.7. The van der Waals surface area contributed by atoms with E-state index in [0.29, 0.717) is 16.5 Å². The van der Waals surface area contributed by atoms with Crippen LogP contribution in [0, 0.1) is 10.1 Å². The minimum absolute atomic E-state index is 0.0616. The number of hydrogen-bond acceptors (Lipinski definition) is 5. The van der Waals surface area contributed by atoms with Gasteiger partial charge in [0.2, 0.25) is 0 Å². The summed E-state index contributed by atoms with van der Waals surface area (Å²) in [4.78, 5) is 10.3. The Kier molecular flexibility index (Phi) is 6.28. The van der Waals surface area contributed by atoms with Gasteiger partial charge in [0.25, 0.3) is 15.7 Å². The normalized spacial score (nSPS) is 12.2. The van der Waals surface area contributed by atoms with Crippen LogP contribution in [0.1, 0.15) is 18.5 Å². The highest BCUT2D eigenvalue weighted by Crippen LogP contribution is 2.35. The van der Waals surface area contributed by atoms with Gasteiger partial charge in [-0.05, 0) is 55.0 Å². The van der Waals surface area contributed by atoms with Crippen LogP contribution in [0.4, 0.5) is 11.4 Å². The molecule has 1 atom stereocenters. The zero-order valence-electron chi connectivity index (χ0n) is 16.2. The molecule has 3 aromatic rings. The molecule has 0 heterocycles. The molecule has 3 aromatic carbocycles. The maximum atomic E-state index is 13.6. The maximum absolute atomic E-state index is 13.6. The van der Waals surface area contributed by atoms with Gasteiger partial charge in [-0.25, -0.2) is 8.42 Å². The minimum atomic E-state index is -4.06. The average molecular weight is 447 g/mol. The number of anilines is 1. The Labute approximate surface area is 179 Å². The van der Waals surface area contributed by atoms with Gasteiger partial charge in [0, 0.05) is 17.2 Å². The Bertz CT molecular complexity index is 1150. The number of rotatable bonds is 7. The van der Waals surface area contributed by atoms with Crippen LogP contribution in [0.5, 0.6) is 5.75 Å². The third-order valence-electron chi connectivity index (χ3n) is 4.62. The zero-order valence-corrected chi connectivity index (χ0v) is 17.8.